The fourth-order valence-corrected chi connectivity index (χ4v) is 1.28. The molecule has 0 N–H and O–H groups in total. The Labute approximate surface area is 88.4 Å². The highest BCUT2D eigenvalue weighted by Gasteiger charge is 2.09. The Bertz CT molecular complexity index is 330. The van der Waals surface area contributed by atoms with Gasteiger partial charge in [-0.2, -0.15) is 0 Å². The van der Waals surface area contributed by atoms with Gasteiger partial charge in [0.25, 0.3) is 0 Å². The molecule has 3 nitrogen and oxygen atoms in total. The molecule has 0 saturated carbocycles. The largest absolute Gasteiger partial charge is 0.469 e. The van der Waals surface area contributed by atoms with Crippen molar-refractivity contribution in [2.45, 2.75) is 6.42 Å². The SMILES string of the molecule is COC(=O)Cc1cncc(F)c1I. The van der Waals surface area contributed by atoms with Crippen LogP contribution in [-0.2, 0) is 16.0 Å². The van der Waals surface area contributed by atoms with Gasteiger partial charge in [-0.1, -0.05) is 0 Å². The number of esters is 1. The molecule has 0 aromatic carbocycles. The van der Waals surface area contributed by atoms with Crippen molar-refractivity contribution in [3.8, 4) is 0 Å². The molecule has 13 heavy (non-hydrogen) atoms. The highest BCUT2D eigenvalue weighted by Crippen LogP contribution is 2.15. The van der Waals surface area contributed by atoms with Crippen LogP contribution in [0.5, 0.6) is 0 Å². The molecular weight excluding hydrogens is 288 g/mol. The van der Waals surface area contributed by atoms with Crippen molar-refractivity contribution in [2.24, 2.45) is 0 Å². The number of rotatable bonds is 2. The van der Waals surface area contributed by atoms with Crippen LogP contribution in [0.25, 0.3) is 0 Å². The van der Waals surface area contributed by atoms with Gasteiger partial charge in [-0.05, 0) is 28.2 Å². The van der Waals surface area contributed by atoms with Crippen LogP contribution in [0.15, 0.2) is 12.4 Å². The molecule has 70 valence electrons. The minimum atomic E-state index is -0.415. The average molecular weight is 295 g/mol. The molecule has 1 rings (SSSR count). The molecular formula is C8H7FINO2. The first-order valence-corrected chi connectivity index (χ1v) is 4.57. The van der Waals surface area contributed by atoms with Crippen LogP contribution in [0.3, 0.4) is 0 Å². The van der Waals surface area contributed by atoms with Crippen molar-refractivity contribution < 1.29 is 13.9 Å². The number of nitrogens with zero attached hydrogens (tertiary/aromatic N) is 1. The second-order valence-corrected chi connectivity index (χ2v) is 3.43. The zero-order valence-electron chi connectivity index (χ0n) is 6.88. The second kappa shape index (κ2) is 4.50. The van der Waals surface area contributed by atoms with Crippen molar-refractivity contribution >= 4 is 28.6 Å². The Hall–Kier alpha value is -0.720. The number of carbonyl (C=O) groups is 1. The molecule has 0 aliphatic rings. The average Bonchev–Trinajstić information content (AvgIpc) is 2.13. The normalized spacial score (nSPS) is 9.77. The predicted octanol–water partition coefficient (Wildman–Crippen LogP) is 1.54. The first-order valence-electron chi connectivity index (χ1n) is 3.50. The minimum absolute atomic E-state index is 0.0551. The monoisotopic (exact) mass is 295 g/mol. The summed E-state index contributed by atoms with van der Waals surface area (Å²) in [7, 11) is 1.29. The van der Waals surface area contributed by atoms with Gasteiger partial charge in [0.2, 0.25) is 0 Å². The molecule has 0 atom stereocenters. The van der Waals surface area contributed by atoms with E-state index in [1.54, 1.807) is 0 Å². The van der Waals surface area contributed by atoms with E-state index in [1.807, 2.05) is 22.6 Å². The van der Waals surface area contributed by atoms with E-state index in [-0.39, 0.29) is 6.42 Å². The number of hydrogen-bond donors (Lipinski definition) is 0. The Morgan fingerprint density at radius 1 is 1.69 bits per heavy atom. The summed E-state index contributed by atoms with van der Waals surface area (Å²) in [6.07, 6.45) is 2.63. The van der Waals surface area contributed by atoms with Crippen molar-refractivity contribution in [3.63, 3.8) is 0 Å². The lowest BCUT2D eigenvalue weighted by Crippen LogP contribution is -2.07. The van der Waals surface area contributed by atoms with Gasteiger partial charge >= 0.3 is 5.97 Å². The molecule has 0 radical (unpaired) electrons. The lowest BCUT2D eigenvalue weighted by Gasteiger charge is -2.02. The number of methoxy groups -OCH3 is 1. The van der Waals surface area contributed by atoms with Crippen molar-refractivity contribution in [1.29, 1.82) is 0 Å². The summed E-state index contributed by atoms with van der Waals surface area (Å²) in [6, 6.07) is 0. The van der Waals surface area contributed by atoms with Crippen molar-refractivity contribution in [1.82, 2.24) is 4.98 Å². The Morgan fingerprint density at radius 2 is 2.38 bits per heavy atom. The van der Waals surface area contributed by atoms with Gasteiger partial charge in [0.15, 0.2) is 5.82 Å². The first-order chi connectivity index (χ1) is 6.15. The zero-order valence-corrected chi connectivity index (χ0v) is 9.04. The third-order valence-corrected chi connectivity index (χ3v) is 2.68. The van der Waals surface area contributed by atoms with Gasteiger partial charge in [0.1, 0.15) is 0 Å². The number of halogens is 2. The molecule has 0 bridgehead atoms. The van der Waals surface area contributed by atoms with E-state index in [2.05, 4.69) is 9.72 Å². The maximum absolute atomic E-state index is 12.9. The summed E-state index contributed by atoms with van der Waals surface area (Å²) in [5.41, 5.74) is 0.549. The molecule has 0 aliphatic heterocycles. The molecule has 0 spiro atoms. The van der Waals surface area contributed by atoms with Gasteiger partial charge in [-0.25, -0.2) is 4.39 Å². The van der Waals surface area contributed by atoms with E-state index in [1.165, 1.54) is 13.3 Å². The Balaban J connectivity index is 2.89. The third-order valence-electron chi connectivity index (χ3n) is 1.47. The lowest BCUT2D eigenvalue weighted by molar-refractivity contribution is -0.139. The molecule has 1 aromatic rings. The van der Waals surface area contributed by atoms with Gasteiger partial charge in [-0.3, -0.25) is 9.78 Å². The van der Waals surface area contributed by atoms with E-state index in [0.29, 0.717) is 9.13 Å². The van der Waals surface area contributed by atoms with Gasteiger partial charge in [-0.15, -0.1) is 0 Å². The standard InChI is InChI=1S/C8H7FINO2/c1-13-7(12)2-5-3-11-4-6(9)8(5)10/h3-4H,2H2,1H3. The van der Waals surface area contributed by atoms with Crippen LogP contribution in [0.2, 0.25) is 0 Å². The van der Waals surface area contributed by atoms with E-state index in [4.69, 9.17) is 0 Å². The highest BCUT2D eigenvalue weighted by molar-refractivity contribution is 14.1. The van der Waals surface area contributed by atoms with Crippen LogP contribution >= 0.6 is 22.6 Å². The van der Waals surface area contributed by atoms with Crippen LogP contribution in [-0.4, -0.2) is 18.1 Å². The quantitative estimate of drug-likeness (QED) is 0.614. The molecule has 0 fully saturated rings. The van der Waals surface area contributed by atoms with Crippen LogP contribution in [0.4, 0.5) is 4.39 Å². The smallest absolute Gasteiger partial charge is 0.310 e. The van der Waals surface area contributed by atoms with E-state index in [9.17, 15) is 9.18 Å². The van der Waals surface area contributed by atoms with Crippen molar-refractivity contribution in [2.75, 3.05) is 7.11 Å². The molecule has 1 aromatic heterocycles. The zero-order chi connectivity index (χ0) is 9.84. The lowest BCUT2D eigenvalue weighted by atomic mass is 10.2. The maximum Gasteiger partial charge on any atom is 0.310 e. The summed E-state index contributed by atoms with van der Waals surface area (Å²) < 4.78 is 17.8. The molecule has 1 heterocycles. The number of hydrogen-bond acceptors (Lipinski definition) is 3. The highest BCUT2D eigenvalue weighted by atomic mass is 127. The molecule has 0 saturated heterocycles. The molecule has 5 heteroatoms. The van der Waals surface area contributed by atoms with Gasteiger partial charge in [0.05, 0.1) is 23.3 Å². The Kier molecular flexibility index (Phi) is 3.58. The number of ether oxygens (including phenoxy) is 1. The summed E-state index contributed by atoms with van der Waals surface area (Å²) in [6.45, 7) is 0. The number of carbonyl (C=O) groups excluding carboxylic acids is 1. The van der Waals surface area contributed by atoms with Crippen LogP contribution in [0.1, 0.15) is 5.56 Å². The van der Waals surface area contributed by atoms with E-state index < -0.39 is 11.8 Å². The number of pyridine rings is 1. The first kappa shape index (κ1) is 10.4. The van der Waals surface area contributed by atoms with Gasteiger partial charge < -0.3 is 4.74 Å². The van der Waals surface area contributed by atoms with Crippen molar-refractivity contribution in [3.05, 3.63) is 27.3 Å². The second-order valence-electron chi connectivity index (χ2n) is 2.35. The fraction of sp³-hybridized carbons (Fsp3) is 0.250. The number of aromatic nitrogens is 1. The summed E-state index contributed by atoms with van der Waals surface area (Å²) >= 11 is 1.83. The minimum Gasteiger partial charge on any atom is -0.469 e. The topological polar surface area (TPSA) is 39.2 Å². The van der Waals surface area contributed by atoms with Crippen LogP contribution < -0.4 is 0 Å². The maximum atomic E-state index is 12.9. The molecule has 0 aliphatic carbocycles. The summed E-state index contributed by atoms with van der Waals surface area (Å²) in [4.78, 5) is 14.5. The van der Waals surface area contributed by atoms with E-state index >= 15 is 0 Å². The molecule has 0 unspecified atom stereocenters. The molecule has 0 amide bonds. The van der Waals surface area contributed by atoms with Gasteiger partial charge in [0, 0.05) is 6.20 Å². The third kappa shape index (κ3) is 2.61. The van der Waals surface area contributed by atoms with Crippen LogP contribution in [0, 0.1) is 9.39 Å². The predicted molar refractivity (Wildman–Crippen MR) is 52.6 cm³/mol. The van der Waals surface area contributed by atoms with E-state index in [0.717, 1.165) is 6.20 Å². The summed E-state index contributed by atoms with van der Waals surface area (Å²) in [5, 5.41) is 0. The Morgan fingerprint density at radius 3 is 3.00 bits per heavy atom. The summed E-state index contributed by atoms with van der Waals surface area (Å²) in [5.74, 6) is -0.813. The fourth-order valence-electron chi connectivity index (χ4n) is 0.810.